The molecule has 17 heavy (non-hydrogen) atoms. The first-order valence-corrected chi connectivity index (χ1v) is 6.99. The van der Waals surface area contributed by atoms with Crippen molar-refractivity contribution in [1.29, 1.82) is 0 Å². The highest BCUT2D eigenvalue weighted by Crippen LogP contribution is 2.28. The second-order valence-corrected chi connectivity index (χ2v) is 5.13. The molecule has 2 rings (SSSR count). The Morgan fingerprint density at radius 2 is 2.24 bits per heavy atom. The molecule has 0 aliphatic heterocycles. The maximum atomic E-state index is 4.49. The summed E-state index contributed by atoms with van der Waals surface area (Å²) >= 11 is 0. The Morgan fingerprint density at radius 3 is 2.94 bits per heavy atom. The van der Waals surface area contributed by atoms with Gasteiger partial charge in [0.25, 0.3) is 0 Å². The van der Waals surface area contributed by atoms with Gasteiger partial charge in [-0.15, -0.1) is 0 Å². The van der Waals surface area contributed by atoms with Crippen LogP contribution in [0.3, 0.4) is 0 Å². The van der Waals surface area contributed by atoms with Crippen molar-refractivity contribution in [3.63, 3.8) is 0 Å². The van der Waals surface area contributed by atoms with Crippen LogP contribution in [0.4, 0.5) is 0 Å². The van der Waals surface area contributed by atoms with Crippen LogP contribution < -0.4 is 5.32 Å². The molecule has 0 radical (unpaired) electrons. The summed E-state index contributed by atoms with van der Waals surface area (Å²) in [7, 11) is 0. The van der Waals surface area contributed by atoms with Gasteiger partial charge in [0.1, 0.15) is 0 Å². The Bertz CT molecular complexity index is 349. The van der Waals surface area contributed by atoms with E-state index >= 15 is 0 Å². The molecule has 1 aliphatic rings. The van der Waals surface area contributed by atoms with E-state index in [1.165, 1.54) is 36.9 Å². The molecule has 1 N–H and O–H groups in total. The van der Waals surface area contributed by atoms with Crippen molar-refractivity contribution in [3.05, 3.63) is 29.6 Å². The molecule has 1 aromatic rings. The molecule has 0 amide bonds. The zero-order valence-electron chi connectivity index (χ0n) is 11.1. The fourth-order valence-corrected chi connectivity index (χ4v) is 2.82. The first-order valence-electron chi connectivity index (χ1n) is 6.99. The van der Waals surface area contributed by atoms with Crippen molar-refractivity contribution in [2.75, 3.05) is 0 Å². The SMILES string of the molecule is CCc1cccnc1CNC1CCC(CC)C1. The molecule has 1 aliphatic carbocycles. The van der Waals surface area contributed by atoms with Gasteiger partial charge in [-0.05, 0) is 43.2 Å². The molecule has 2 atom stereocenters. The van der Waals surface area contributed by atoms with Gasteiger partial charge in [0.2, 0.25) is 0 Å². The summed E-state index contributed by atoms with van der Waals surface area (Å²) < 4.78 is 0. The monoisotopic (exact) mass is 232 g/mol. The number of aryl methyl sites for hydroxylation is 1. The fraction of sp³-hybridized carbons (Fsp3) is 0.667. The Kier molecular flexibility index (Phi) is 4.55. The first kappa shape index (κ1) is 12.6. The molecule has 1 heterocycles. The minimum Gasteiger partial charge on any atom is -0.308 e. The Balaban J connectivity index is 1.85. The molecule has 2 heteroatoms. The second-order valence-electron chi connectivity index (χ2n) is 5.13. The summed E-state index contributed by atoms with van der Waals surface area (Å²) in [5.41, 5.74) is 2.61. The lowest BCUT2D eigenvalue weighted by molar-refractivity contribution is 0.474. The van der Waals surface area contributed by atoms with E-state index in [1.807, 2.05) is 12.3 Å². The number of aromatic nitrogens is 1. The van der Waals surface area contributed by atoms with Gasteiger partial charge in [0.15, 0.2) is 0 Å². The van der Waals surface area contributed by atoms with Crippen LogP contribution >= 0.6 is 0 Å². The van der Waals surface area contributed by atoms with Crippen LogP contribution in [0.2, 0.25) is 0 Å². The van der Waals surface area contributed by atoms with Gasteiger partial charge in [0.05, 0.1) is 5.69 Å². The van der Waals surface area contributed by atoms with Gasteiger partial charge in [-0.2, -0.15) is 0 Å². The van der Waals surface area contributed by atoms with E-state index in [9.17, 15) is 0 Å². The summed E-state index contributed by atoms with van der Waals surface area (Å²) in [6.07, 6.45) is 8.41. The number of hydrogen-bond acceptors (Lipinski definition) is 2. The predicted molar refractivity (Wildman–Crippen MR) is 71.9 cm³/mol. The maximum absolute atomic E-state index is 4.49. The summed E-state index contributed by atoms with van der Waals surface area (Å²) in [5, 5.41) is 3.67. The first-order chi connectivity index (χ1) is 8.33. The van der Waals surface area contributed by atoms with Crippen LogP contribution in [0, 0.1) is 5.92 Å². The molecule has 94 valence electrons. The predicted octanol–water partition coefficient (Wildman–Crippen LogP) is 3.31. The molecular formula is C15H24N2. The van der Waals surface area contributed by atoms with E-state index in [4.69, 9.17) is 0 Å². The highest BCUT2D eigenvalue weighted by Gasteiger charge is 2.22. The number of nitrogens with one attached hydrogen (secondary N) is 1. The average Bonchev–Trinajstić information content (AvgIpc) is 2.84. The second kappa shape index (κ2) is 6.15. The number of nitrogens with zero attached hydrogens (tertiary/aromatic N) is 1. The van der Waals surface area contributed by atoms with E-state index in [2.05, 4.69) is 30.2 Å². The minimum atomic E-state index is 0.715. The molecule has 2 nitrogen and oxygen atoms in total. The number of pyridine rings is 1. The standard InChI is InChI=1S/C15H24N2/c1-3-12-7-8-14(10-12)17-11-15-13(4-2)6-5-9-16-15/h5-6,9,12,14,17H,3-4,7-8,10-11H2,1-2H3. The molecule has 2 unspecified atom stereocenters. The van der Waals surface area contributed by atoms with Crippen LogP contribution in [0.1, 0.15) is 50.8 Å². The quantitative estimate of drug-likeness (QED) is 0.842. The normalized spacial score (nSPS) is 24.1. The van der Waals surface area contributed by atoms with Crippen molar-refractivity contribution < 1.29 is 0 Å². The fourth-order valence-electron chi connectivity index (χ4n) is 2.82. The zero-order valence-corrected chi connectivity index (χ0v) is 11.1. The van der Waals surface area contributed by atoms with Crippen LogP contribution in [0.5, 0.6) is 0 Å². The molecule has 1 saturated carbocycles. The average molecular weight is 232 g/mol. The third-order valence-electron chi connectivity index (χ3n) is 4.04. The molecule has 0 saturated heterocycles. The van der Waals surface area contributed by atoms with Gasteiger partial charge in [-0.1, -0.05) is 26.3 Å². The van der Waals surface area contributed by atoms with Crippen molar-refractivity contribution >= 4 is 0 Å². The third-order valence-corrected chi connectivity index (χ3v) is 4.04. The minimum absolute atomic E-state index is 0.715. The van der Waals surface area contributed by atoms with Gasteiger partial charge in [0, 0.05) is 18.8 Å². The van der Waals surface area contributed by atoms with Gasteiger partial charge >= 0.3 is 0 Å². The summed E-state index contributed by atoms with van der Waals surface area (Å²) in [6, 6.07) is 4.94. The van der Waals surface area contributed by atoms with Crippen LogP contribution in [0.25, 0.3) is 0 Å². The lowest BCUT2D eigenvalue weighted by Gasteiger charge is -2.14. The number of rotatable bonds is 5. The highest BCUT2D eigenvalue weighted by molar-refractivity contribution is 5.19. The number of hydrogen-bond donors (Lipinski definition) is 1. The van der Waals surface area contributed by atoms with Gasteiger partial charge in [-0.3, -0.25) is 4.98 Å². The van der Waals surface area contributed by atoms with E-state index in [1.54, 1.807) is 0 Å². The van der Waals surface area contributed by atoms with E-state index < -0.39 is 0 Å². The molecule has 1 aromatic heterocycles. The van der Waals surface area contributed by atoms with Crippen LogP contribution in [0.15, 0.2) is 18.3 Å². The zero-order chi connectivity index (χ0) is 12.1. The van der Waals surface area contributed by atoms with Crippen molar-refractivity contribution in [2.24, 2.45) is 5.92 Å². The topological polar surface area (TPSA) is 24.9 Å². The van der Waals surface area contributed by atoms with Gasteiger partial charge in [-0.25, -0.2) is 0 Å². The maximum Gasteiger partial charge on any atom is 0.0573 e. The molecule has 1 fully saturated rings. The van der Waals surface area contributed by atoms with Crippen molar-refractivity contribution in [1.82, 2.24) is 10.3 Å². The molecule has 0 aromatic carbocycles. The third kappa shape index (κ3) is 3.29. The molecular weight excluding hydrogens is 208 g/mol. The Labute approximate surface area is 105 Å². The molecule has 0 spiro atoms. The van der Waals surface area contributed by atoms with Gasteiger partial charge < -0.3 is 5.32 Å². The van der Waals surface area contributed by atoms with E-state index in [0.29, 0.717) is 6.04 Å². The van der Waals surface area contributed by atoms with Crippen molar-refractivity contribution in [3.8, 4) is 0 Å². The van der Waals surface area contributed by atoms with E-state index in [0.717, 1.165) is 18.9 Å². The lowest BCUT2D eigenvalue weighted by Crippen LogP contribution is -2.26. The molecule has 0 bridgehead atoms. The summed E-state index contributed by atoms with van der Waals surface area (Å²) in [5.74, 6) is 0.946. The highest BCUT2D eigenvalue weighted by atomic mass is 14.9. The summed E-state index contributed by atoms with van der Waals surface area (Å²) in [4.78, 5) is 4.49. The van der Waals surface area contributed by atoms with Crippen LogP contribution in [-0.2, 0) is 13.0 Å². The van der Waals surface area contributed by atoms with Crippen LogP contribution in [-0.4, -0.2) is 11.0 Å². The largest absolute Gasteiger partial charge is 0.308 e. The Morgan fingerprint density at radius 1 is 1.35 bits per heavy atom. The smallest absolute Gasteiger partial charge is 0.0573 e. The van der Waals surface area contributed by atoms with E-state index in [-0.39, 0.29) is 0 Å². The Hall–Kier alpha value is -0.890. The van der Waals surface area contributed by atoms with Crippen molar-refractivity contribution in [2.45, 2.75) is 58.5 Å². The summed E-state index contributed by atoms with van der Waals surface area (Å²) in [6.45, 7) is 5.44. The lowest BCUT2D eigenvalue weighted by atomic mass is 10.1.